The van der Waals surface area contributed by atoms with E-state index in [0.29, 0.717) is 33.1 Å². The molecule has 0 radical (unpaired) electrons. The first kappa shape index (κ1) is 17.3. The Morgan fingerprint density at radius 1 is 1.17 bits per heavy atom. The number of ether oxygens (including phenoxy) is 2. The van der Waals surface area contributed by atoms with E-state index >= 15 is 0 Å². The number of fused-ring (bicyclic) bond motifs is 2. The van der Waals surface area contributed by atoms with E-state index in [1.54, 1.807) is 42.7 Å². The number of carbonyl (C=O) groups is 1. The number of hydrogen-bond acceptors (Lipinski definition) is 8. The molecule has 4 aromatic rings. The van der Waals surface area contributed by atoms with Crippen molar-refractivity contribution in [1.29, 1.82) is 0 Å². The van der Waals surface area contributed by atoms with Crippen molar-refractivity contribution in [2.75, 3.05) is 12.1 Å². The third-order valence-corrected chi connectivity index (χ3v) is 5.20. The molecule has 0 spiro atoms. The first-order valence-corrected chi connectivity index (χ1v) is 9.41. The molecule has 9 nitrogen and oxygen atoms in total. The van der Waals surface area contributed by atoms with Crippen molar-refractivity contribution in [3.8, 4) is 22.8 Å². The molecule has 10 heteroatoms. The number of anilines is 1. The second-order valence-electron chi connectivity index (χ2n) is 6.24. The first-order valence-electron chi connectivity index (χ1n) is 8.64. The summed E-state index contributed by atoms with van der Waals surface area (Å²) < 4.78 is 16.6. The SMILES string of the molecule is O=C(Cn1cnc2c(-c3ccncc3)nsc2c1=O)Nc1ccc2c(c1)OCO2. The Kier molecular flexibility index (Phi) is 4.17. The number of benzene rings is 1. The van der Waals surface area contributed by atoms with Crippen LogP contribution in [0.5, 0.6) is 11.5 Å². The lowest BCUT2D eigenvalue weighted by Crippen LogP contribution is -2.27. The number of nitrogens with one attached hydrogen (secondary N) is 1. The zero-order valence-corrected chi connectivity index (χ0v) is 15.7. The molecule has 3 aromatic heterocycles. The summed E-state index contributed by atoms with van der Waals surface area (Å²) in [6.45, 7) is -0.0111. The van der Waals surface area contributed by atoms with Crippen LogP contribution < -0.4 is 20.3 Å². The van der Waals surface area contributed by atoms with Gasteiger partial charge in [0.15, 0.2) is 11.5 Å². The molecular formula is C19H13N5O4S. The van der Waals surface area contributed by atoms with Crippen LogP contribution in [0.2, 0.25) is 0 Å². The predicted molar refractivity (Wildman–Crippen MR) is 106 cm³/mol. The summed E-state index contributed by atoms with van der Waals surface area (Å²) in [4.78, 5) is 33.5. The van der Waals surface area contributed by atoms with Gasteiger partial charge >= 0.3 is 0 Å². The largest absolute Gasteiger partial charge is 0.454 e. The van der Waals surface area contributed by atoms with Crippen LogP contribution in [-0.4, -0.2) is 31.6 Å². The van der Waals surface area contributed by atoms with Crippen LogP contribution in [0.15, 0.2) is 53.8 Å². The van der Waals surface area contributed by atoms with Crippen LogP contribution in [-0.2, 0) is 11.3 Å². The van der Waals surface area contributed by atoms with Crippen molar-refractivity contribution in [3.05, 3.63) is 59.4 Å². The maximum absolute atomic E-state index is 12.8. The minimum Gasteiger partial charge on any atom is -0.454 e. The average molecular weight is 407 g/mol. The van der Waals surface area contributed by atoms with Crippen molar-refractivity contribution in [3.63, 3.8) is 0 Å². The molecule has 0 bridgehead atoms. The number of pyridine rings is 1. The molecule has 0 unspecified atom stereocenters. The molecule has 1 aromatic carbocycles. The van der Waals surface area contributed by atoms with Gasteiger partial charge in [0, 0.05) is 29.7 Å². The minimum atomic E-state index is -0.356. The standard InChI is InChI=1S/C19H13N5O4S/c25-15(22-12-1-2-13-14(7-12)28-10-27-13)8-24-9-21-17-16(11-3-5-20-6-4-11)23-29-18(17)19(24)26/h1-7,9H,8,10H2,(H,22,25). The van der Waals surface area contributed by atoms with Gasteiger partial charge in [0.05, 0.1) is 6.33 Å². The summed E-state index contributed by atoms with van der Waals surface area (Å²) in [7, 11) is 0. The van der Waals surface area contributed by atoms with Gasteiger partial charge in [-0.2, -0.15) is 4.37 Å². The Bertz CT molecular complexity index is 1280. The Morgan fingerprint density at radius 3 is 2.86 bits per heavy atom. The highest BCUT2D eigenvalue weighted by atomic mass is 32.1. The smallest absolute Gasteiger partial charge is 0.273 e. The lowest BCUT2D eigenvalue weighted by Gasteiger charge is -2.08. The van der Waals surface area contributed by atoms with Crippen LogP contribution in [0.4, 0.5) is 5.69 Å². The molecule has 4 heterocycles. The Balaban J connectivity index is 1.39. The van der Waals surface area contributed by atoms with Gasteiger partial charge in [-0.05, 0) is 35.8 Å². The van der Waals surface area contributed by atoms with Crippen LogP contribution in [0, 0.1) is 0 Å². The highest BCUT2D eigenvalue weighted by Crippen LogP contribution is 2.34. The molecule has 1 N–H and O–H groups in total. The second kappa shape index (κ2) is 6.99. The quantitative estimate of drug-likeness (QED) is 0.553. The summed E-state index contributed by atoms with van der Waals surface area (Å²) in [6.07, 6.45) is 4.67. The van der Waals surface area contributed by atoms with Gasteiger partial charge < -0.3 is 14.8 Å². The molecule has 0 fully saturated rings. The monoisotopic (exact) mass is 407 g/mol. The summed E-state index contributed by atoms with van der Waals surface area (Å²) in [5, 5.41) is 2.75. The molecular weight excluding hydrogens is 394 g/mol. The van der Waals surface area contributed by atoms with Gasteiger partial charge in [-0.1, -0.05) is 0 Å². The molecule has 1 aliphatic rings. The third-order valence-electron chi connectivity index (χ3n) is 4.37. The first-order chi connectivity index (χ1) is 14.2. The number of hydrogen-bond donors (Lipinski definition) is 1. The molecule has 0 saturated carbocycles. The van der Waals surface area contributed by atoms with E-state index in [2.05, 4.69) is 19.7 Å². The molecule has 29 heavy (non-hydrogen) atoms. The topological polar surface area (TPSA) is 108 Å². The van der Waals surface area contributed by atoms with Gasteiger partial charge in [0.25, 0.3) is 5.56 Å². The van der Waals surface area contributed by atoms with E-state index in [9.17, 15) is 9.59 Å². The molecule has 0 saturated heterocycles. The van der Waals surface area contributed by atoms with Gasteiger partial charge in [0.2, 0.25) is 12.7 Å². The molecule has 0 atom stereocenters. The van der Waals surface area contributed by atoms with Gasteiger partial charge in [-0.25, -0.2) is 4.98 Å². The van der Waals surface area contributed by atoms with Gasteiger partial charge in [-0.15, -0.1) is 0 Å². The van der Waals surface area contributed by atoms with E-state index in [-0.39, 0.29) is 24.8 Å². The normalized spacial score (nSPS) is 12.3. The molecule has 0 aliphatic carbocycles. The van der Waals surface area contributed by atoms with E-state index in [1.807, 2.05) is 0 Å². The fraction of sp³-hybridized carbons (Fsp3) is 0.105. The number of carbonyl (C=O) groups excluding carboxylic acids is 1. The molecule has 144 valence electrons. The third kappa shape index (κ3) is 3.19. The van der Waals surface area contributed by atoms with Gasteiger partial charge in [0.1, 0.15) is 22.5 Å². The fourth-order valence-corrected chi connectivity index (χ4v) is 3.80. The number of aromatic nitrogens is 4. The second-order valence-corrected chi connectivity index (χ2v) is 7.01. The minimum absolute atomic E-state index is 0.157. The van der Waals surface area contributed by atoms with Gasteiger partial charge in [-0.3, -0.25) is 19.1 Å². The van der Waals surface area contributed by atoms with Crippen molar-refractivity contribution in [1.82, 2.24) is 18.9 Å². The van der Waals surface area contributed by atoms with E-state index in [0.717, 1.165) is 17.1 Å². The maximum atomic E-state index is 12.8. The number of amides is 1. The maximum Gasteiger partial charge on any atom is 0.273 e. The Labute approximate surface area is 167 Å². The Hall–Kier alpha value is -3.79. The van der Waals surface area contributed by atoms with Crippen LogP contribution in [0.3, 0.4) is 0 Å². The van der Waals surface area contributed by atoms with Crippen molar-refractivity contribution >= 4 is 33.3 Å². The number of rotatable bonds is 4. The van der Waals surface area contributed by atoms with Crippen LogP contribution in [0.1, 0.15) is 0 Å². The lowest BCUT2D eigenvalue weighted by atomic mass is 10.2. The fourth-order valence-electron chi connectivity index (χ4n) is 3.00. The summed E-state index contributed by atoms with van der Waals surface area (Å²) in [6, 6.07) is 8.71. The highest BCUT2D eigenvalue weighted by molar-refractivity contribution is 7.13. The van der Waals surface area contributed by atoms with E-state index < -0.39 is 0 Å². The molecule has 5 rings (SSSR count). The van der Waals surface area contributed by atoms with E-state index in [1.165, 1.54) is 10.9 Å². The van der Waals surface area contributed by atoms with Crippen molar-refractivity contribution < 1.29 is 14.3 Å². The highest BCUT2D eigenvalue weighted by Gasteiger charge is 2.17. The zero-order valence-electron chi connectivity index (χ0n) is 14.9. The van der Waals surface area contributed by atoms with Crippen molar-refractivity contribution in [2.45, 2.75) is 6.54 Å². The Morgan fingerprint density at radius 2 is 2.00 bits per heavy atom. The molecule has 1 aliphatic heterocycles. The summed E-state index contributed by atoms with van der Waals surface area (Å²) >= 11 is 1.07. The van der Waals surface area contributed by atoms with Crippen molar-refractivity contribution in [2.24, 2.45) is 0 Å². The number of nitrogens with zero attached hydrogens (tertiary/aromatic N) is 4. The van der Waals surface area contributed by atoms with Crippen LogP contribution >= 0.6 is 11.5 Å². The van der Waals surface area contributed by atoms with Crippen LogP contribution in [0.25, 0.3) is 21.5 Å². The predicted octanol–water partition coefficient (Wildman–Crippen LogP) is 2.28. The summed E-state index contributed by atoms with van der Waals surface area (Å²) in [5.41, 5.74) is 2.21. The summed E-state index contributed by atoms with van der Waals surface area (Å²) in [5.74, 6) is 0.839. The average Bonchev–Trinajstić information content (AvgIpc) is 3.37. The molecule has 1 amide bonds. The lowest BCUT2D eigenvalue weighted by molar-refractivity contribution is -0.116. The van der Waals surface area contributed by atoms with E-state index in [4.69, 9.17) is 9.47 Å². The zero-order chi connectivity index (χ0) is 19.8.